The molecular weight excluding hydrogens is 393 g/mol. The van der Waals surface area contributed by atoms with E-state index in [4.69, 9.17) is 4.43 Å². The van der Waals surface area contributed by atoms with Crippen LogP contribution in [0.1, 0.15) is 75.2 Å². The SMILES string of the molecule is CC1=CCCC(C)(C)C1/C=C/C(=C\OC(F)(F)F)O[Si](C(C)C)(C(C)C)C(C)C. The monoisotopic (exact) mass is 432 g/mol. The van der Waals surface area contributed by atoms with Gasteiger partial charge in [0.2, 0.25) is 0 Å². The molecule has 29 heavy (non-hydrogen) atoms. The molecule has 0 amide bonds. The highest BCUT2D eigenvalue weighted by atomic mass is 28.4. The van der Waals surface area contributed by atoms with E-state index in [0.29, 0.717) is 0 Å². The Kier molecular flexibility index (Phi) is 8.70. The van der Waals surface area contributed by atoms with Crippen molar-refractivity contribution < 1.29 is 22.3 Å². The summed E-state index contributed by atoms with van der Waals surface area (Å²) >= 11 is 0. The molecule has 0 aromatic carbocycles. The molecule has 0 heterocycles. The van der Waals surface area contributed by atoms with Gasteiger partial charge < -0.3 is 9.16 Å². The predicted molar refractivity (Wildman–Crippen MR) is 117 cm³/mol. The van der Waals surface area contributed by atoms with Gasteiger partial charge in [0, 0.05) is 5.92 Å². The second-order valence-electron chi connectivity index (χ2n) is 9.82. The van der Waals surface area contributed by atoms with E-state index in [1.807, 2.05) is 6.08 Å². The van der Waals surface area contributed by atoms with Crippen LogP contribution in [0.4, 0.5) is 13.2 Å². The molecule has 0 saturated heterocycles. The zero-order valence-corrected chi connectivity index (χ0v) is 20.5. The fraction of sp³-hybridized carbons (Fsp3) is 0.739. The van der Waals surface area contributed by atoms with Gasteiger partial charge in [0.15, 0.2) is 0 Å². The Bertz CT molecular complexity index is 607. The summed E-state index contributed by atoms with van der Waals surface area (Å²) in [6.45, 7) is 19.1. The zero-order valence-electron chi connectivity index (χ0n) is 19.5. The standard InChI is InChI=1S/C23H39F3O2Si/c1-16(2)29(17(3)4,18(5)6)28-20(15-27-23(24,25)26)12-13-21-19(7)11-10-14-22(21,8)9/h11-13,15-18,21H,10,14H2,1-9H3/b13-12+,20-15+. The first-order valence-electron chi connectivity index (χ1n) is 10.6. The minimum absolute atomic E-state index is 0.0496. The average Bonchev–Trinajstić information content (AvgIpc) is 2.53. The maximum atomic E-state index is 12.8. The van der Waals surface area contributed by atoms with Gasteiger partial charge in [-0.15, -0.1) is 13.2 Å². The second kappa shape index (κ2) is 9.76. The molecule has 1 aliphatic rings. The minimum atomic E-state index is -4.74. The van der Waals surface area contributed by atoms with E-state index in [1.165, 1.54) is 5.57 Å². The first kappa shape index (κ1) is 25.9. The van der Waals surface area contributed by atoms with Crippen molar-refractivity contribution in [2.75, 3.05) is 0 Å². The van der Waals surface area contributed by atoms with Crippen molar-refractivity contribution >= 4 is 8.32 Å². The Morgan fingerprint density at radius 1 is 1.10 bits per heavy atom. The smallest absolute Gasteiger partial charge is 0.541 e. The molecule has 0 aromatic heterocycles. The van der Waals surface area contributed by atoms with Crippen molar-refractivity contribution in [2.45, 2.75) is 98.1 Å². The number of ether oxygens (including phenoxy) is 1. The van der Waals surface area contributed by atoms with Crippen molar-refractivity contribution in [2.24, 2.45) is 11.3 Å². The molecular formula is C23H39F3O2Si. The average molecular weight is 433 g/mol. The predicted octanol–water partition coefficient (Wildman–Crippen LogP) is 8.50. The molecule has 0 aliphatic heterocycles. The van der Waals surface area contributed by atoms with E-state index in [1.54, 1.807) is 6.08 Å². The molecule has 0 saturated carbocycles. The quantitative estimate of drug-likeness (QED) is 0.166. The van der Waals surface area contributed by atoms with E-state index >= 15 is 0 Å². The third-order valence-corrected chi connectivity index (χ3v) is 12.4. The van der Waals surface area contributed by atoms with Crippen LogP contribution >= 0.6 is 0 Å². The van der Waals surface area contributed by atoms with Gasteiger partial charge in [-0.1, -0.05) is 73.1 Å². The van der Waals surface area contributed by atoms with E-state index in [0.717, 1.165) is 19.1 Å². The van der Waals surface area contributed by atoms with Gasteiger partial charge in [0.25, 0.3) is 8.32 Å². The molecule has 1 atom stereocenters. The van der Waals surface area contributed by atoms with Crippen LogP contribution in [0.25, 0.3) is 0 Å². The van der Waals surface area contributed by atoms with Crippen molar-refractivity contribution in [1.82, 2.24) is 0 Å². The maximum absolute atomic E-state index is 12.8. The van der Waals surface area contributed by atoms with E-state index in [-0.39, 0.29) is 33.7 Å². The number of hydrogen-bond acceptors (Lipinski definition) is 2. The Morgan fingerprint density at radius 3 is 2.03 bits per heavy atom. The Morgan fingerprint density at radius 2 is 1.62 bits per heavy atom. The largest absolute Gasteiger partial charge is 0.572 e. The summed E-state index contributed by atoms with van der Waals surface area (Å²) in [6, 6.07) is 0. The topological polar surface area (TPSA) is 18.5 Å². The Hall–Kier alpha value is -1.17. The zero-order chi connectivity index (χ0) is 22.6. The van der Waals surface area contributed by atoms with E-state index < -0.39 is 14.7 Å². The molecule has 1 rings (SSSR count). The van der Waals surface area contributed by atoms with Crippen LogP contribution in [-0.2, 0) is 9.16 Å². The summed E-state index contributed by atoms with van der Waals surface area (Å²) in [5.41, 5.74) is 2.04. The molecule has 0 radical (unpaired) electrons. The van der Waals surface area contributed by atoms with E-state index in [2.05, 4.69) is 73.1 Å². The van der Waals surface area contributed by atoms with Gasteiger partial charge in [0.1, 0.15) is 12.0 Å². The molecule has 0 fully saturated rings. The highest BCUT2D eigenvalue weighted by Crippen LogP contribution is 2.45. The number of rotatable bonds is 8. The molecule has 0 aromatic rings. The second-order valence-corrected chi connectivity index (χ2v) is 15.2. The highest BCUT2D eigenvalue weighted by Gasteiger charge is 2.47. The Balaban J connectivity index is 3.34. The first-order valence-corrected chi connectivity index (χ1v) is 12.8. The lowest BCUT2D eigenvalue weighted by molar-refractivity contribution is -0.298. The Labute approximate surface area is 176 Å². The normalized spacial score (nSPS) is 21.3. The van der Waals surface area contributed by atoms with E-state index in [9.17, 15) is 13.2 Å². The molecule has 1 aliphatic carbocycles. The summed E-state index contributed by atoms with van der Waals surface area (Å²) in [6.07, 6.45) is 3.96. The van der Waals surface area contributed by atoms with Crippen molar-refractivity contribution in [3.8, 4) is 0 Å². The third-order valence-electron chi connectivity index (χ3n) is 6.35. The number of halogens is 3. The number of hydrogen-bond donors (Lipinski definition) is 0. The van der Waals surface area contributed by atoms with Gasteiger partial charge >= 0.3 is 6.36 Å². The maximum Gasteiger partial charge on any atom is 0.572 e. The summed E-state index contributed by atoms with van der Waals surface area (Å²) < 4.78 is 48.8. The fourth-order valence-electron chi connectivity index (χ4n) is 4.95. The van der Waals surface area contributed by atoms with Gasteiger partial charge in [-0.2, -0.15) is 0 Å². The van der Waals surface area contributed by atoms with Gasteiger partial charge in [-0.05, 0) is 47.9 Å². The summed E-state index contributed by atoms with van der Waals surface area (Å²) in [5, 5.41) is 0. The molecule has 168 valence electrons. The lowest BCUT2D eigenvalue weighted by Crippen LogP contribution is -2.47. The molecule has 1 unspecified atom stereocenters. The van der Waals surface area contributed by atoms with Crippen LogP contribution in [-0.4, -0.2) is 14.7 Å². The molecule has 0 bridgehead atoms. The number of alkyl halides is 3. The van der Waals surface area contributed by atoms with Gasteiger partial charge in [0.05, 0.1) is 0 Å². The summed E-state index contributed by atoms with van der Waals surface area (Å²) in [5.74, 6) is 0.321. The van der Waals surface area contributed by atoms with Crippen LogP contribution in [0.3, 0.4) is 0 Å². The highest BCUT2D eigenvalue weighted by molar-refractivity contribution is 6.77. The van der Waals surface area contributed by atoms with Crippen LogP contribution in [0.5, 0.6) is 0 Å². The van der Waals surface area contributed by atoms with Crippen molar-refractivity contribution in [3.63, 3.8) is 0 Å². The fourth-order valence-corrected chi connectivity index (χ4v) is 10.2. The number of allylic oxidation sites excluding steroid dienone is 4. The molecule has 0 N–H and O–H groups in total. The van der Waals surface area contributed by atoms with Gasteiger partial charge in [-0.3, -0.25) is 0 Å². The van der Waals surface area contributed by atoms with Crippen LogP contribution in [0.2, 0.25) is 16.6 Å². The van der Waals surface area contributed by atoms with Crippen molar-refractivity contribution in [1.29, 1.82) is 0 Å². The van der Waals surface area contributed by atoms with Crippen LogP contribution in [0.15, 0.2) is 35.8 Å². The summed E-state index contributed by atoms with van der Waals surface area (Å²) in [7, 11) is -2.41. The van der Waals surface area contributed by atoms with Gasteiger partial charge in [-0.25, -0.2) is 0 Å². The summed E-state index contributed by atoms with van der Waals surface area (Å²) in [4.78, 5) is 0. The molecule has 2 nitrogen and oxygen atoms in total. The van der Waals surface area contributed by atoms with Crippen LogP contribution < -0.4 is 0 Å². The first-order chi connectivity index (χ1) is 13.1. The minimum Gasteiger partial charge on any atom is -0.541 e. The van der Waals surface area contributed by atoms with Crippen molar-refractivity contribution in [3.05, 3.63) is 35.8 Å². The third kappa shape index (κ3) is 6.66. The molecule has 0 spiro atoms. The lowest BCUT2D eigenvalue weighted by atomic mass is 9.68. The molecule has 6 heteroatoms. The lowest BCUT2D eigenvalue weighted by Gasteiger charge is -2.42. The van der Waals surface area contributed by atoms with Crippen LogP contribution in [0, 0.1) is 11.3 Å².